The molecule has 3 aromatic carbocycles. The number of aromatic nitrogens is 2. The summed E-state index contributed by atoms with van der Waals surface area (Å²) in [5.74, 6) is -0.615. The fourth-order valence-electron chi connectivity index (χ4n) is 4.61. The minimum Gasteiger partial charge on any atom is -0.489 e. The van der Waals surface area contributed by atoms with Crippen LogP contribution in [0.15, 0.2) is 71.2 Å². The van der Waals surface area contributed by atoms with E-state index in [1.807, 2.05) is 24.3 Å². The number of likely N-dealkylation sites (N-methyl/N-ethyl adjacent to an activating group) is 1. The summed E-state index contributed by atoms with van der Waals surface area (Å²) in [5.41, 5.74) is 2.84. The minimum atomic E-state index is -1.27. The highest BCUT2D eigenvalue weighted by atomic mass is 79.9. The average Bonchev–Trinajstić information content (AvgIpc) is 3.27. The fourth-order valence-corrected chi connectivity index (χ4v) is 4.96. The first-order valence-corrected chi connectivity index (χ1v) is 13.4. The van der Waals surface area contributed by atoms with Gasteiger partial charge in [-0.1, -0.05) is 40.2 Å². The third-order valence-corrected chi connectivity index (χ3v) is 7.48. The molecule has 0 spiro atoms. The standard InChI is InChI=1S/C29H25BrN6O5/c1-17(34(2)29(39)40)27(37)32-22-16-41-26-10-6-5-9-24(26)35(28(22)38)15-21-20-12-11-19(30)13-25(20)36(33-21)23-8-4-3-7-18(23)14-31/h3-13,17,22H,15-16H2,1-2H3,(H,32,37)(H,39,40)/t17-,22-/m0/s1. The van der Waals surface area contributed by atoms with Crippen molar-refractivity contribution in [2.75, 3.05) is 18.6 Å². The van der Waals surface area contributed by atoms with E-state index in [9.17, 15) is 24.8 Å². The lowest BCUT2D eigenvalue weighted by molar-refractivity contribution is -0.130. The molecule has 0 fully saturated rings. The number of para-hydroxylation sites is 3. The molecule has 1 aromatic heterocycles. The molecule has 2 heterocycles. The van der Waals surface area contributed by atoms with Gasteiger partial charge in [-0.2, -0.15) is 10.4 Å². The van der Waals surface area contributed by atoms with Crippen molar-refractivity contribution < 1.29 is 24.2 Å². The normalized spacial score (nSPS) is 15.3. The number of rotatable bonds is 6. The predicted octanol–water partition coefficient (Wildman–Crippen LogP) is 4.07. The van der Waals surface area contributed by atoms with Gasteiger partial charge in [-0.25, -0.2) is 9.48 Å². The van der Waals surface area contributed by atoms with Gasteiger partial charge >= 0.3 is 6.09 Å². The maximum atomic E-state index is 14.0. The lowest BCUT2D eigenvalue weighted by atomic mass is 10.1. The summed E-state index contributed by atoms with van der Waals surface area (Å²) in [7, 11) is 1.28. The van der Waals surface area contributed by atoms with E-state index in [-0.39, 0.29) is 13.2 Å². The Labute approximate surface area is 243 Å². The number of nitrogens with one attached hydrogen (secondary N) is 1. The molecule has 0 saturated carbocycles. The smallest absolute Gasteiger partial charge is 0.407 e. The van der Waals surface area contributed by atoms with Gasteiger partial charge in [-0.15, -0.1) is 0 Å². The monoisotopic (exact) mass is 616 g/mol. The van der Waals surface area contributed by atoms with Crippen LogP contribution in [-0.4, -0.2) is 63.4 Å². The Kier molecular flexibility index (Phi) is 7.63. The summed E-state index contributed by atoms with van der Waals surface area (Å²) in [4.78, 5) is 40.6. The van der Waals surface area contributed by atoms with Crippen molar-refractivity contribution in [2.45, 2.75) is 25.6 Å². The molecule has 0 unspecified atom stereocenters. The second-order valence-electron chi connectivity index (χ2n) is 9.48. The Balaban J connectivity index is 1.55. The molecule has 4 aromatic rings. The van der Waals surface area contributed by atoms with E-state index < -0.39 is 30.0 Å². The van der Waals surface area contributed by atoms with Crippen molar-refractivity contribution in [3.05, 3.63) is 82.5 Å². The van der Waals surface area contributed by atoms with Gasteiger partial charge in [0.1, 0.15) is 30.5 Å². The molecule has 0 aliphatic carbocycles. The predicted molar refractivity (Wildman–Crippen MR) is 154 cm³/mol. The quantitative estimate of drug-likeness (QED) is 0.333. The molecule has 5 rings (SSSR count). The van der Waals surface area contributed by atoms with Crippen molar-refractivity contribution in [3.8, 4) is 17.5 Å². The van der Waals surface area contributed by atoms with E-state index in [4.69, 9.17) is 9.84 Å². The zero-order chi connectivity index (χ0) is 29.3. The largest absolute Gasteiger partial charge is 0.489 e. The van der Waals surface area contributed by atoms with E-state index in [1.165, 1.54) is 18.9 Å². The summed E-state index contributed by atoms with van der Waals surface area (Å²) >= 11 is 3.52. The minimum absolute atomic E-state index is 0.0377. The Morgan fingerprint density at radius 2 is 1.90 bits per heavy atom. The van der Waals surface area contributed by atoms with Crippen molar-refractivity contribution in [2.24, 2.45) is 0 Å². The summed E-state index contributed by atoms with van der Waals surface area (Å²) in [6.07, 6.45) is -1.27. The second-order valence-corrected chi connectivity index (χ2v) is 10.4. The summed E-state index contributed by atoms with van der Waals surface area (Å²) in [6, 6.07) is 19.9. The zero-order valence-corrected chi connectivity index (χ0v) is 23.7. The Morgan fingerprint density at radius 3 is 2.63 bits per heavy atom. The third-order valence-electron chi connectivity index (χ3n) is 6.98. The number of nitriles is 1. The highest BCUT2D eigenvalue weighted by Crippen LogP contribution is 2.34. The maximum absolute atomic E-state index is 14.0. The van der Waals surface area contributed by atoms with Gasteiger partial charge in [0.15, 0.2) is 0 Å². The van der Waals surface area contributed by atoms with Crippen molar-refractivity contribution in [1.82, 2.24) is 20.0 Å². The highest BCUT2D eigenvalue weighted by Gasteiger charge is 2.35. The molecular weight excluding hydrogens is 592 g/mol. The van der Waals surface area contributed by atoms with E-state index >= 15 is 0 Å². The van der Waals surface area contributed by atoms with Crippen LogP contribution in [0.25, 0.3) is 16.6 Å². The SMILES string of the molecule is C[C@@H](C(=O)N[C@H]1COc2ccccc2N(Cc2nn(-c3ccccc3C#N)c3cc(Br)ccc23)C1=O)N(C)C(=O)O. The van der Waals surface area contributed by atoms with E-state index in [1.54, 1.807) is 47.1 Å². The molecule has 41 heavy (non-hydrogen) atoms. The van der Waals surface area contributed by atoms with E-state index in [2.05, 4.69) is 27.3 Å². The molecule has 11 nitrogen and oxygen atoms in total. The van der Waals surface area contributed by atoms with Crippen LogP contribution in [0.4, 0.5) is 10.5 Å². The number of carbonyl (C=O) groups excluding carboxylic acids is 2. The number of ether oxygens (including phenoxy) is 1. The van der Waals surface area contributed by atoms with E-state index in [0.717, 1.165) is 20.3 Å². The molecule has 0 radical (unpaired) electrons. The lowest BCUT2D eigenvalue weighted by Crippen LogP contribution is -2.55. The van der Waals surface area contributed by atoms with Crippen LogP contribution in [-0.2, 0) is 16.1 Å². The number of amides is 3. The number of hydrogen-bond acceptors (Lipinski definition) is 6. The van der Waals surface area contributed by atoms with Gasteiger partial charge in [0.25, 0.3) is 5.91 Å². The number of nitrogens with zero attached hydrogens (tertiary/aromatic N) is 5. The van der Waals surface area contributed by atoms with Gasteiger partial charge < -0.3 is 20.1 Å². The van der Waals surface area contributed by atoms with E-state index in [0.29, 0.717) is 28.4 Å². The molecule has 0 saturated heterocycles. The van der Waals surface area contributed by atoms with Crippen LogP contribution in [0.5, 0.6) is 5.75 Å². The van der Waals surface area contributed by atoms with Crippen LogP contribution in [0, 0.1) is 11.3 Å². The summed E-state index contributed by atoms with van der Waals surface area (Å²) in [5, 5.41) is 27.3. The number of carboxylic acid groups (broad SMARTS) is 1. The molecule has 0 bridgehead atoms. The molecule has 1 aliphatic rings. The molecule has 208 valence electrons. The number of carbonyl (C=O) groups is 3. The van der Waals surface area contributed by atoms with Crippen molar-refractivity contribution in [3.63, 3.8) is 0 Å². The second kappa shape index (κ2) is 11.3. The first-order valence-electron chi connectivity index (χ1n) is 12.7. The number of anilines is 1. The topological polar surface area (TPSA) is 141 Å². The first kappa shape index (κ1) is 27.7. The number of hydrogen-bond donors (Lipinski definition) is 2. The van der Waals surface area contributed by atoms with Gasteiger partial charge in [-0.3, -0.25) is 14.5 Å². The van der Waals surface area contributed by atoms with Crippen LogP contribution < -0.4 is 15.0 Å². The Morgan fingerprint density at radius 1 is 1.20 bits per heavy atom. The average molecular weight is 617 g/mol. The van der Waals surface area contributed by atoms with Gasteiger partial charge in [0.2, 0.25) is 5.91 Å². The molecular formula is C29H25BrN6O5. The zero-order valence-electron chi connectivity index (χ0n) is 22.1. The lowest BCUT2D eigenvalue weighted by Gasteiger charge is -2.26. The molecule has 2 atom stereocenters. The van der Waals surface area contributed by atoms with Gasteiger partial charge in [0.05, 0.1) is 34.7 Å². The number of benzene rings is 3. The van der Waals surface area contributed by atoms with Crippen LogP contribution in [0.3, 0.4) is 0 Å². The third kappa shape index (κ3) is 5.31. The van der Waals surface area contributed by atoms with Gasteiger partial charge in [0, 0.05) is 16.9 Å². The van der Waals surface area contributed by atoms with Crippen LogP contribution in [0.1, 0.15) is 18.2 Å². The van der Waals surface area contributed by atoms with Crippen LogP contribution >= 0.6 is 15.9 Å². The number of halogens is 1. The Hall–Kier alpha value is -4.89. The maximum Gasteiger partial charge on any atom is 0.407 e. The summed E-state index contributed by atoms with van der Waals surface area (Å²) in [6.45, 7) is 1.34. The molecule has 3 amide bonds. The van der Waals surface area contributed by atoms with Gasteiger partial charge in [-0.05, 0) is 49.4 Å². The number of fused-ring (bicyclic) bond motifs is 2. The molecule has 12 heteroatoms. The summed E-state index contributed by atoms with van der Waals surface area (Å²) < 4.78 is 8.42. The highest BCUT2D eigenvalue weighted by molar-refractivity contribution is 9.10. The Bertz CT molecular complexity index is 1710. The fraction of sp³-hybridized carbons (Fsp3) is 0.207. The van der Waals surface area contributed by atoms with Crippen molar-refractivity contribution in [1.29, 1.82) is 5.26 Å². The molecule has 2 N–H and O–H groups in total. The molecule has 1 aliphatic heterocycles. The first-order chi connectivity index (χ1) is 19.7. The van der Waals surface area contributed by atoms with Crippen LogP contribution in [0.2, 0.25) is 0 Å². The van der Waals surface area contributed by atoms with Crippen molar-refractivity contribution >= 4 is 50.4 Å².